The minimum absolute atomic E-state index is 0.0366. The molecule has 3 rings (SSSR count). The van der Waals surface area contributed by atoms with Crippen LogP contribution in [0.15, 0.2) is 18.2 Å². The zero-order chi connectivity index (χ0) is 11.7. The van der Waals surface area contributed by atoms with Crippen molar-refractivity contribution in [1.29, 1.82) is 0 Å². The Morgan fingerprint density at radius 2 is 2.12 bits per heavy atom. The van der Waals surface area contributed by atoms with Gasteiger partial charge >= 0.3 is 0 Å². The maximum absolute atomic E-state index is 6.13. The van der Waals surface area contributed by atoms with Gasteiger partial charge in [-0.3, -0.25) is 0 Å². The number of hydrogen-bond acceptors (Lipinski definition) is 3. The van der Waals surface area contributed by atoms with Crippen molar-refractivity contribution in [2.45, 2.75) is 24.9 Å². The van der Waals surface area contributed by atoms with E-state index in [-0.39, 0.29) is 5.60 Å². The minimum Gasteiger partial charge on any atom is -0.497 e. The van der Waals surface area contributed by atoms with Gasteiger partial charge in [0.1, 0.15) is 5.75 Å². The Balaban J connectivity index is 2.01. The lowest BCUT2D eigenvalue weighted by molar-refractivity contribution is -0.0802. The third kappa shape index (κ3) is 1.83. The number of benzene rings is 1. The molecular formula is C14H19NO2. The number of rotatable bonds is 1. The first-order valence-corrected chi connectivity index (χ1v) is 6.36. The van der Waals surface area contributed by atoms with E-state index in [4.69, 9.17) is 9.47 Å². The summed E-state index contributed by atoms with van der Waals surface area (Å²) in [6, 6.07) is 6.41. The highest BCUT2D eigenvalue weighted by molar-refractivity contribution is 5.41. The zero-order valence-electron chi connectivity index (χ0n) is 10.3. The van der Waals surface area contributed by atoms with Gasteiger partial charge in [-0.1, -0.05) is 6.07 Å². The van der Waals surface area contributed by atoms with E-state index in [1.807, 2.05) is 0 Å². The maximum Gasteiger partial charge on any atom is 0.119 e. The first-order chi connectivity index (χ1) is 8.34. The zero-order valence-corrected chi connectivity index (χ0v) is 10.3. The molecular weight excluding hydrogens is 214 g/mol. The summed E-state index contributed by atoms with van der Waals surface area (Å²) in [4.78, 5) is 0. The monoisotopic (exact) mass is 233 g/mol. The maximum atomic E-state index is 6.13. The minimum atomic E-state index is -0.0366. The molecule has 0 unspecified atom stereocenters. The fourth-order valence-corrected chi connectivity index (χ4v) is 3.03. The van der Waals surface area contributed by atoms with Crippen LogP contribution in [-0.4, -0.2) is 26.8 Å². The first-order valence-electron chi connectivity index (χ1n) is 6.36. The van der Waals surface area contributed by atoms with Crippen molar-refractivity contribution in [3.05, 3.63) is 29.3 Å². The second-order valence-electron chi connectivity index (χ2n) is 4.87. The van der Waals surface area contributed by atoms with Crippen molar-refractivity contribution in [2.75, 3.05) is 26.8 Å². The molecule has 1 N–H and O–H groups in total. The topological polar surface area (TPSA) is 30.5 Å². The van der Waals surface area contributed by atoms with Crippen LogP contribution in [0.3, 0.4) is 0 Å². The van der Waals surface area contributed by atoms with E-state index >= 15 is 0 Å². The van der Waals surface area contributed by atoms with Crippen molar-refractivity contribution in [1.82, 2.24) is 5.32 Å². The van der Waals surface area contributed by atoms with Crippen LogP contribution in [0.1, 0.15) is 24.0 Å². The Morgan fingerprint density at radius 1 is 1.29 bits per heavy atom. The van der Waals surface area contributed by atoms with E-state index in [1.165, 1.54) is 11.1 Å². The highest BCUT2D eigenvalue weighted by atomic mass is 16.5. The third-order valence-corrected chi connectivity index (χ3v) is 3.96. The molecule has 3 nitrogen and oxygen atoms in total. The number of hydrogen-bond donors (Lipinski definition) is 1. The van der Waals surface area contributed by atoms with Crippen LogP contribution in [-0.2, 0) is 16.8 Å². The van der Waals surface area contributed by atoms with E-state index in [1.54, 1.807) is 7.11 Å². The van der Waals surface area contributed by atoms with E-state index in [0.717, 1.165) is 44.7 Å². The molecule has 0 aliphatic carbocycles. The van der Waals surface area contributed by atoms with Crippen LogP contribution in [0.2, 0.25) is 0 Å². The molecule has 0 radical (unpaired) electrons. The lowest BCUT2D eigenvalue weighted by atomic mass is 9.80. The lowest BCUT2D eigenvalue weighted by Gasteiger charge is -2.42. The van der Waals surface area contributed by atoms with Crippen LogP contribution in [0, 0.1) is 0 Å². The van der Waals surface area contributed by atoms with Crippen LogP contribution >= 0.6 is 0 Å². The normalized spacial score (nSPS) is 22.2. The lowest BCUT2D eigenvalue weighted by Crippen LogP contribution is -2.44. The summed E-state index contributed by atoms with van der Waals surface area (Å²) < 4.78 is 11.4. The summed E-state index contributed by atoms with van der Waals surface area (Å²) >= 11 is 0. The summed E-state index contributed by atoms with van der Waals surface area (Å²) in [6.07, 6.45) is 3.15. The molecule has 0 saturated carbocycles. The number of methoxy groups -OCH3 is 1. The number of piperidine rings is 1. The summed E-state index contributed by atoms with van der Waals surface area (Å²) in [5, 5.41) is 3.40. The SMILES string of the molecule is COc1ccc2c(c1)CCOC21CCNCC1. The quantitative estimate of drug-likeness (QED) is 0.803. The van der Waals surface area contributed by atoms with Crippen LogP contribution in [0.25, 0.3) is 0 Å². The second kappa shape index (κ2) is 4.31. The molecule has 0 aromatic heterocycles. The van der Waals surface area contributed by atoms with Crippen molar-refractivity contribution in [3.63, 3.8) is 0 Å². The molecule has 1 spiro atoms. The molecule has 1 aromatic rings. The van der Waals surface area contributed by atoms with Gasteiger partial charge in [0.2, 0.25) is 0 Å². The Labute approximate surface area is 102 Å². The molecule has 0 amide bonds. The van der Waals surface area contributed by atoms with Crippen LogP contribution < -0.4 is 10.1 Å². The summed E-state index contributed by atoms with van der Waals surface area (Å²) in [5.41, 5.74) is 2.74. The van der Waals surface area contributed by atoms with Gasteiger partial charge in [0.05, 0.1) is 19.3 Å². The highest BCUT2D eigenvalue weighted by Crippen LogP contribution is 2.40. The van der Waals surface area contributed by atoms with Gasteiger partial charge in [-0.2, -0.15) is 0 Å². The van der Waals surface area contributed by atoms with E-state index < -0.39 is 0 Å². The molecule has 1 aromatic carbocycles. The Morgan fingerprint density at radius 3 is 2.88 bits per heavy atom. The Bertz CT molecular complexity index is 411. The molecule has 2 heterocycles. The molecule has 0 atom stereocenters. The second-order valence-corrected chi connectivity index (χ2v) is 4.87. The summed E-state index contributed by atoms with van der Waals surface area (Å²) in [6.45, 7) is 2.93. The summed E-state index contributed by atoms with van der Waals surface area (Å²) in [5.74, 6) is 0.953. The first kappa shape index (κ1) is 11.1. The highest BCUT2D eigenvalue weighted by Gasteiger charge is 2.38. The van der Waals surface area contributed by atoms with Gasteiger partial charge in [0.25, 0.3) is 0 Å². The van der Waals surface area contributed by atoms with Gasteiger partial charge in [0, 0.05) is 0 Å². The van der Waals surface area contributed by atoms with Gasteiger partial charge in [0.15, 0.2) is 0 Å². The molecule has 2 aliphatic heterocycles. The predicted octanol–water partition coefficient (Wildman–Crippen LogP) is 1.85. The van der Waals surface area contributed by atoms with Crippen LogP contribution in [0.4, 0.5) is 0 Å². The number of ether oxygens (including phenoxy) is 2. The van der Waals surface area contributed by atoms with Crippen molar-refractivity contribution >= 4 is 0 Å². The molecule has 0 bridgehead atoms. The molecule has 2 aliphatic rings. The van der Waals surface area contributed by atoms with Gasteiger partial charge < -0.3 is 14.8 Å². The fourth-order valence-electron chi connectivity index (χ4n) is 3.03. The van der Waals surface area contributed by atoms with E-state index in [0.29, 0.717) is 0 Å². The average molecular weight is 233 g/mol. The molecule has 17 heavy (non-hydrogen) atoms. The van der Waals surface area contributed by atoms with Crippen molar-refractivity contribution in [3.8, 4) is 5.75 Å². The van der Waals surface area contributed by atoms with Crippen molar-refractivity contribution in [2.24, 2.45) is 0 Å². The molecule has 3 heteroatoms. The number of fused-ring (bicyclic) bond motifs is 2. The van der Waals surface area contributed by atoms with Crippen molar-refractivity contribution < 1.29 is 9.47 Å². The fraction of sp³-hybridized carbons (Fsp3) is 0.571. The van der Waals surface area contributed by atoms with E-state index in [2.05, 4.69) is 23.5 Å². The smallest absolute Gasteiger partial charge is 0.119 e. The Hall–Kier alpha value is -1.06. The third-order valence-electron chi connectivity index (χ3n) is 3.96. The molecule has 92 valence electrons. The van der Waals surface area contributed by atoms with Gasteiger partial charge in [-0.25, -0.2) is 0 Å². The van der Waals surface area contributed by atoms with Gasteiger partial charge in [-0.05, 0) is 55.6 Å². The molecule has 1 fully saturated rings. The van der Waals surface area contributed by atoms with E-state index in [9.17, 15) is 0 Å². The average Bonchev–Trinajstić information content (AvgIpc) is 2.39. The summed E-state index contributed by atoms with van der Waals surface area (Å²) in [7, 11) is 1.72. The Kier molecular flexibility index (Phi) is 2.81. The molecule has 1 saturated heterocycles. The van der Waals surface area contributed by atoms with Gasteiger partial charge in [-0.15, -0.1) is 0 Å². The predicted molar refractivity (Wildman–Crippen MR) is 66.4 cm³/mol. The number of nitrogens with one attached hydrogen (secondary N) is 1. The largest absolute Gasteiger partial charge is 0.497 e. The standard InChI is InChI=1S/C14H19NO2/c1-16-12-2-3-13-11(10-12)4-9-17-14(13)5-7-15-8-6-14/h2-3,10,15H,4-9H2,1H3. The van der Waals surface area contributed by atoms with Crippen LogP contribution in [0.5, 0.6) is 5.75 Å².